The molecule has 0 aromatic rings. The first-order chi connectivity index (χ1) is 6.59. The fourth-order valence-corrected chi connectivity index (χ4v) is 2.56. The van der Waals surface area contributed by atoms with Gasteiger partial charge in [0.25, 0.3) is 0 Å². The molecule has 0 spiro atoms. The van der Waals surface area contributed by atoms with Crippen molar-refractivity contribution in [2.24, 2.45) is 0 Å². The quantitative estimate of drug-likeness (QED) is 0.588. The highest BCUT2D eigenvalue weighted by Crippen LogP contribution is 2.05. The van der Waals surface area contributed by atoms with Crippen molar-refractivity contribution in [3.8, 4) is 0 Å². The molecule has 14 heavy (non-hydrogen) atoms. The van der Waals surface area contributed by atoms with Crippen LogP contribution in [0.1, 0.15) is 0 Å². The van der Waals surface area contributed by atoms with E-state index in [1.807, 2.05) is 0 Å². The number of nitrogens with one attached hydrogen (secondary N) is 2. The Morgan fingerprint density at radius 1 is 1.64 bits per heavy atom. The van der Waals surface area contributed by atoms with E-state index in [1.165, 1.54) is 6.08 Å². The van der Waals surface area contributed by atoms with Gasteiger partial charge in [0, 0.05) is 20.2 Å². The summed E-state index contributed by atoms with van der Waals surface area (Å²) in [5.74, 6) is -0.0556. The van der Waals surface area contributed by atoms with Gasteiger partial charge in [-0.25, -0.2) is 13.1 Å². The Morgan fingerprint density at radius 3 is 2.93 bits per heavy atom. The normalized spacial score (nSPS) is 27.8. The minimum Gasteiger partial charge on any atom is -0.378 e. The SMILES string of the molecule is C=CCS(=O)(=O)NC1CNC[C@@H]1OC. The van der Waals surface area contributed by atoms with E-state index >= 15 is 0 Å². The molecule has 1 aliphatic rings. The standard InChI is InChI=1S/C8H16N2O3S/c1-3-4-14(11,12)10-7-5-9-6-8(7)13-2/h3,7-10H,1,4-6H2,2H3/t7?,8-/m0/s1. The van der Waals surface area contributed by atoms with Crippen LogP contribution in [0.5, 0.6) is 0 Å². The van der Waals surface area contributed by atoms with Gasteiger partial charge in [-0.15, -0.1) is 6.58 Å². The van der Waals surface area contributed by atoms with E-state index in [9.17, 15) is 8.42 Å². The Kier molecular flexibility index (Phi) is 4.06. The fraction of sp³-hybridized carbons (Fsp3) is 0.750. The van der Waals surface area contributed by atoms with Gasteiger partial charge in [-0.2, -0.15) is 0 Å². The van der Waals surface area contributed by atoms with Crippen LogP contribution in [-0.2, 0) is 14.8 Å². The third-order valence-electron chi connectivity index (χ3n) is 2.13. The summed E-state index contributed by atoms with van der Waals surface area (Å²) in [6, 6.07) is -0.176. The summed E-state index contributed by atoms with van der Waals surface area (Å²) in [6.07, 6.45) is 1.28. The van der Waals surface area contributed by atoms with Gasteiger partial charge < -0.3 is 10.1 Å². The lowest BCUT2D eigenvalue weighted by atomic mass is 10.2. The topological polar surface area (TPSA) is 67.4 Å². The van der Waals surface area contributed by atoms with Crippen molar-refractivity contribution in [1.29, 1.82) is 0 Å². The van der Waals surface area contributed by atoms with Crippen LogP contribution in [0, 0.1) is 0 Å². The molecular weight excluding hydrogens is 204 g/mol. The molecule has 1 unspecified atom stereocenters. The lowest BCUT2D eigenvalue weighted by Gasteiger charge is -2.17. The summed E-state index contributed by atoms with van der Waals surface area (Å²) in [5.41, 5.74) is 0. The van der Waals surface area contributed by atoms with Crippen molar-refractivity contribution in [2.75, 3.05) is 26.0 Å². The van der Waals surface area contributed by atoms with E-state index in [2.05, 4.69) is 16.6 Å². The average Bonchev–Trinajstić information content (AvgIpc) is 2.50. The third kappa shape index (κ3) is 3.06. The average molecular weight is 220 g/mol. The second-order valence-corrected chi connectivity index (χ2v) is 5.03. The van der Waals surface area contributed by atoms with Gasteiger partial charge in [0.05, 0.1) is 17.9 Å². The third-order valence-corrected chi connectivity index (χ3v) is 3.47. The summed E-state index contributed by atoms with van der Waals surface area (Å²) in [4.78, 5) is 0. The molecule has 1 heterocycles. The van der Waals surface area contributed by atoms with Crippen LogP contribution in [0.3, 0.4) is 0 Å². The second-order valence-electron chi connectivity index (χ2n) is 3.23. The summed E-state index contributed by atoms with van der Waals surface area (Å²) < 4.78 is 30.5. The minimum atomic E-state index is -3.25. The maximum atomic E-state index is 11.4. The zero-order valence-corrected chi connectivity index (χ0v) is 9.01. The van der Waals surface area contributed by atoms with Crippen LogP contribution >= 0.6 is 0 Å². The molecular formula is C8H16N2O3S. The number of hydrogen-bond donors (Lipinski definition) is 2. The van der Waals surface area contributed by atoms with Crippen LogP contribution in [0.15, 0.2) is 12.7 Å². The molecule has 0 aromatic carbocycles. The molecule has 1 aliphatic heterocycles. The molecule has 0 aliphatic carbocycles. The van der Waals surface area contributed by atoms with Crippen molar-refractivity contribution in [1.82, 2.24) is 10.0 Å². The number of methoxy groups -OCH3 is 1. The minimum absolute atomic E-state index is 0.0556. The van der Waals surface area contributed by atoms with Crippen molar-refractivity contribution in [3.05, 3.63) is 12.7 Å². The summed E-state index contributed by atoms with van der Waals surface area (Å²) >= 11 is 0. The Hall–Kier alpha value is -0.430. The van der Waals surface area contributed by atoms with E-state index in [-0.39, 0.29) is 17.9 Å². The van der Waals surface area contributed by atoms with Gasteiger partial charge in [0.15, 0.2) is 0 Å². The smallest absolute Gasteiger partial charge is 0.215 e. The molecule has 0 saturated carbocycles. The highest BCUT2D eigenvalue weighted by molar-refractivity contribution is 7.89. The number of rotatable bonds is 5. The predicted octanol–water partition coefficient (Wildman–Crippen LogP) is -0.921. The molecule has 0 radical (unpaired) electrons. The van der Waals surface area contributed by atoms with Crippen molar-refractivity contribution < 1.29 is 13.2 Å². The maximum absolute atomic E-state index is 11.4. The Balaban J connectivity index is 2.55. The molecule has 0 bridgehead atoms. The lowest BCUT2D eigenvalue weighted by molar-refractivity contribution is 0.103. The van der Waals surface area contributed by atoms with Crippen molar-refractivity contribution in [3.63, 3.8) is 0 Å². The number of hydrogen-bond acceptors (Lipinski definition) is 4. The van der Waals surface area contributed by atoms with E-state index in [4.69, 9.17) is 4.74 Å². The van der Waals surface area contributed by atoms with Gasteiger partial charge >= 0.3 is 0 Å². The van der Waals surface area contributed by atoms with E-state index in [0.717, 1.165) is 0 Å². The maximum Gasteiger partial charge on any atom is 0.215 e. The Morgan fingerprint density at radius 2 is 2.36 bits per heavy atom. The van der Waals surface area contributed by atoms with Crippen LogP contribution in [0.2, 0.25) is 0 Å². The van der Waals surface area contributed by atoms with Crippen LogP contribution in [0.25, 0.3) is 0 Å². The molecule has 1 rings (SSSR count). The van der Waals surface area contributed by atoms with Gasteiger partial charge in [-0.1, -0.05) is 6.08 Å². The van der Waals surface area contributed by atoms with Gasteiger partial charge in [0.2, 0.25) is 10.0 Å². The first kappa shape index (κ1) is 11.6. The highest BCUT2D eigenvalue weighted by atomic mass is 32.2. The zero-order valence-electron chi connectivity index (χ0n) is 8.19. The summed E-state index contributed by atoms with van der Waals surface area (Å²) in [7, 11) is -1.67. The van der Waals surface area contributed by atoms with Crippen LogP contribution in [0.4, 0.5) is 0 Å². The second kappa shape index (κ2) is 4.88. The fourth-order valence-electron chi connectivity index (χ4n) is 1.45. The summed E-state index contributed by atoms with van der Waals surface area (Å²) in [6.45, 7) is 4.68. The molecule has 2 atom stereocenters. The van der Waals surface area contributed by atoms with Crippen molar-refractivity contribution >= 4 is 10.0 Å². The monoisotopic (exact) mass is 220 g/mol. The van der Waals surface area contributed by atoms with Gasteiger partial charge in [-0.05, 0) is 0 Å². The molecule has 0 amide bonds. The summed E-state index contributed by atoms with van der Waals surface area (Å²) in [5, 5.41) is 3.06. The Bertz CT molecular complexity index is 289. The first-order valence-corrected chi connectivity index (χ1v) is 6.08. The number of sulfonamides is 1. The van der Waals surface area contributed by atoms with Gasteiger partial charge in [0.1, 0.15) is 0 Å². The predicted molar refractivity (Wildman–Crippen MR) is 54.6 cm³/mol. The van der Waals surface area contributed by atoms with E-state index in [0.29, 0.717) is 13.1 Å². The molecule has 0 aromatic heterocycles. The van der Waals surface area contributed by atoms with Crippen LogP contribution < -0.4 is 10.0 Å². The molecule has 5 nitrogen and oxygen atoms in total. The molecule has 6 heteroatoms. The molecule has 2 N–H and O–H groups in total. The largest absolute Gasteiger partial charge is 0.378 e. The van der Waals surface area contributed by atoms with Crippen molar-refractivity contribution in [2.45, 2.75) is 12.1 Å². The highest BCUT2D eigenvalue weighted by Gasteiger charge is 2.29. The number of ether oxygens (including phenoxy) is 1. The van der Waals surface area contributed by atoms with E-state index < -0.39 is 10.0 Å². The zero-order chi connectivity index (χ0) is 10.6. The molecule has 1 saturated heterocycles. The van der Waals surface area contributed by atoms with Gasteiger partial charge in [-0.3, -0.25) is 0 Å². The van der Waals surface area contributed by atoms with Crippen LogP contribution in [-0.4, -0.2) is 46.5 Å². The Labute approximate surface area is 84.6 Å². The first-order valence-electron chi connectivity index (χ1n) is 4.43. The lowest BCUT2D eigenvalue weighted by Crippen LogP contribution is -2.44. The molecule has 82 valence electrons. The van der Waals surface area contributed by atoms with E-state index in [1.54, 1.807) is 7.11 Å². The molecule has 1 fully saturated rings.